The van der Waals surface area contributed by atoms with Crippen LogP contribution in [-0.2, 0) is 0 Å². The van der Waals surface area contributed by atoms with Crippen LogP contribution in [0.4, 0.5) is 4.39 Å². The van der Waals surface area contributed by atoms with Crippen molar-refractivity contribution in [1.82, 2.24) is 15.2 Å². The summed E-state index contributed by atoms with van der Waals surface area (Å²) in [7, 11) is 0. The molecule has 0 aliphatic carbocycles. The molecular formula is C12H14FN3O. The quantitative estimate of drug-likeness (QED) is 0.886. The van der Waals surface area contributed by atoms with Gasteiger partial charge in [0.2, 0.25) is 0 Å². The van der Waals surface area contributed by atoms with Crippen molar-refractivity contribution in [1.29, 1.82) is 0 Å². The molecule has 0 amide bonds. The topological polar surface area (TPSA) is 50.8 Å². The second kappa shape index (κ2) is 4.95. The molecule has 90 valence electrons. The van der Waals surface area contributed by atoms with Gasteiger partial charge in [-0.05, 0) is 18.1 Å². The maximum Gasteiger partial charge on any atom is 0.335 e. The van der Waals surface area contributed by atoms with Crippen molar-refractivity contribution >= 4 is 0 Å². The van der Waals surface area contributed by atoms with Crippen molar-refractivity contribution in [2.75, 3.05) is 6.61 Å². The van der Waals surface area contributed by atoms with Crippen LogP contribution in [0.3, 0.4) is 0 Å². The molecular weight excluding hydrogens is 221 g/mol. The number of nitrogens with one attached hydrogen (secondary N) is 1. The van der Waals surface area contributed by atoms with Crippen LogP contribution in [0, 0.1) is 11.7 Å². The van der Waals surface area contributed by atoms with Crippen LogP contribution in [0.1, 0.15) is 13.8 Å². The third-order valence-electron chi connectivity index (χ3n) is 2.11. The molecule has 17 heavy (non-hydrogen) atoms. The summed E-state index contributed by atoms with van der Waals surface area (Å²) in [6.07, 6.45) is 0. The van der Waals surface area contributed by atoms with Crippen LogP contribution >= 0.6 is 0 Å². The van der Waals surface area contributed by atoms with Crippen molar-refractivity contribution < 1.29 is 9.13 Å². The summed E-state index contributed by atoms with van der Waals surface area (Å²) in [4.78, 5) is 4.14. The highest BCUT2D eigenvalue weighted by Crippen LogP contribution is 2.17. The molecule has 0 fully saturated rings. The lowest BCUT2D eigenvalue weighted by Gasteiger charge is -2.02. The van der Waals surface area contributed by atoms with E-state index in [1.165, 1.54) is 12.1 Å². The van der Waals surface area contributed by atoms with Crippen molar-refractivity contribution in [2.24, 2.45) is 5.92 Å². The number of nitrogens with zero attached hydrogens (tertiary/aromatic N) is 2. The summed E-state index contributed by atoms with van der Waals surface area (Å²) in [5.41, 5.74) is 0.650. The van der Waals surface area contributed by atoms with E-state index in [1.54, 1.807) is 12.1 Å². The Morgan fingerprint density at radius 1 is 1.41 bits per heavy atom. The van der Waals surface area contributed by atoms with Crippen LogP contribution in [0.25, 0.3) is 11.4 Å². The number of H-pyrrole nitrogens is 1. The van der Waals surface area contributed by atoms with E-state index in [2.05, 4.69) is 15.2 Å². The number of aromatic amines is 1. The van der Waals surface area contributed by atoms with E-state index in [4.69, 9.17) is 4.74 Å². The zero-order valence-electron chi connectivity index (χ0n) is 9.77. The number of hydrogen-bond donors (Lipinski definition) is 1. The van der Waals surface area contributed by atoms with E-state index in [1.807, 2.05) is 13.8 Å². The molecule has 0 unspecified atom stereocenters. The Morgan fingerprint density at radius 2 is 2.24 bits per heavy atom. The maximum absolute atomic E-state index is 13.0. The van der Waals surface area contributed by atoms with Gasteiger partial charge < -0.3 is 4.74 Å². The molecule has 0 bridgehead atoms. The lowest BCUT2D eigenvalue weighted by Crippen LogP contribution is -2.05. The van der Waals surface area contributed by atoms with Crippen molar-refractivity contribution in [3.05, 3.63) is 30.1 Å². The largest absolute Gasteiger partial charge is 0.462 e. The van der Waals surface area contributed by atoms with Gasteiger partial charge in [0.15, 0.2) is 5.82 Å². The number of halogens is 1. The van der Waals surface area contributed by atoms with Gasteiger partial charge in [-0.1, -0.05) is 26.0 Å². The zero-order chi connectivity index (χ0) is 12.3. The standard InChI is InChI=1S/C12H14FN3O/c1-8(2)7-17-12-14-11(15-16-12)9-4-3-5-10(13)6-9/h3-6,8H,7H2,1-2H3,(H,14,15,16). The van der Waals surface area contributed by atoms with Crippen LogP contribution in [0.15, 0.2) is 24.3 Å². The average molecular weight is 235 g/mol. The summed E-state index contributed by atoms with van der Waals surface area (Å²) < 4.78 is 18.4. The Kier molecular flexibility index (Phi) is 3.37. The first-order valence-corrected chi connectivity index (χ1v) is 5.46. The lowest BCUT2D eigenvalue weighted by atomic mass is 10.2. The van der Waals surface area contributed by atoms with E-state index in [0.717, 1.165) is 0 Å². The second-order valence-corrected chi connectivity index (χ2v) is 4.18. The Hall–Kier alpha value is -1.91. The van der Waals surface area contributed by atoms with E-state index >= 15 is 0 Å². The number of hydrogen-bond acceptors (Lipinski definition) is 3. The predicted molar refractivity (Wildman–Crippen MR) is 62.1 cm³/mol. The van der Waals surface area contributed by atoms with Gasteiger partial charge in [0.05, 0.1) is 6.61 Å². The Bertz CT molecular complexity index is 496. The minimum absolute atomic E-state index is 0.290. The first kappa shape index (κ1) is 11.6. The molecule has 1 aromatic heterocycles. The average Bonchev–Trinajstić information content (AvgIpc) is 2.75. The molecule has 0 saturated carbocycles. The maximum atomic E-state index is 13.0. The highest BCUT2D eigenvalue weighted by Gasteiger charge is 2.07. The van der Waals surface area contributed by atoms with Gasteiger partial charge in [0.1, 0.15) is 5.82 Å². The van der Waals surface area contributed by atoms with E-state index < -0.39 is 0 Å². The van der Waals surface area contributed by atoms with Gasteiger partial charge in [-0.2, -0.15) is 4.98 Å². The Balaban J connectivity index is 2.12. The molecule has 0 aliphatic rings. The molecule has 0 atom stereocenters. The fourth-order valence-electron chi connectivity index (χ4n) is 1.32. The van der Waals surface area contributed by atoms with Crippen molar-refractivity contribution in [2.45, 2.75) is 13.8 Å². The minimum Gasteiger partial charge on any atom is -0.462 e. The van der Waals surface area contributed by atoms with Crippen molar-refractivity contribution in [3.8, 4) is 17.4 Å². The van der Waals surface area contributed by atoms with Gasteiger partial charge >= 0.3 is 6.01 Å². The number of aromatic nitrogens is 3. The molecule has 0 spiro atoms. The molecule has 2 rings (SSSR count). The van der Waals surface area contributed by atoms with E-state index in [-0.39, 0.29) is 11.8 Å². The molecule has 4 nitrogen and oxygen atoms in total. The summed E-state index contributed by atoms with van der Waals surface area (Å²) in [5, 5.41) is 6.63. The number of ether oxygens (including phenoxy) is 1. The normalized spacial score (nSPS) is 10.8. The van der Waals surface area contributed by atoms with E-state index in [9.17, 15) is 4.39 Å². The Labute approximate surface area is 98.8 Å². The minimum atomic E-state index is -0.302. The summed E-state index contributed by atoms with van der Waals surface area (Å²) in [5.74, 6) is 0.609. The highest BCUT2D eigenvalue weighted by molar-refractivity contribution is 5.54. The van der Waals surface area contributed by atoms with Gasteiger partial charge in [-0.3, -0.25) is 5.10 Å². The van der Waals surface area contributed by atoms with Gasteiger partial charge in [-0.15, -0.1) is 5.10 Å². The number of rotatable bonds is 4. The first-order chi connectivity index (χ1) is 8.15. The molecule has 1 N–H and O–H groups in total. The third-order valence-corrected chi connectivity index (χ3v) is 2.11. The summed E-state index contributed by atoms with van der Waals surface area (Å²) in [6.45, 7) is 4.64. The van der Waals surface area contributed by atoms with Crippen LogP contribution in [-0.4, -0.2) is 21.8 Å². The fourth-order valence-corrected chi connectivity index (χ4v) is 1.32. The van der Waals surface area contributed by atoms with Crippen molar-refractivity contribution in [3.63, 3.8) is 0 Å². The van der Waals surface area contributed by atoms with Gasteiger partial charge in [0, 0.05) is 5.56 Å². The molecule has 2 aromatic rings. The molecule has 1 aromatic carbocycles. The monoisotopic (exact) mass is 235 g/mol. The Morgan fingerprint density at radius 3 is 2.94 bits per heavy atom. The zero-order valence-corrected chi connectivity index (χ0v) is 9.77. The molecule has 5 heteroatoms. The highest BCUT2D eigenvalue weighted by atomic mass is 19.1. The van der Waals surface area contributed by atoms with Gasteiger partial charge in [0.25, 0.3) is 0 Å². The SMILES string of the molecule is CC(C)COc1n[nH]c(-c2cccc(F)c2)n1. The molecule has 0 radical (unpaired) electrons. The van der Waals surface area contributed by atoms with Crippen LogP contribution in [0.5, 0.6) is 6.01 Å². The summed E-state index contributed by atoms with van der Waals surface area (Å²) >= 11 is 0. The third kappa shape index (κ3) is 3.03. The van der Waals surface area contributed by atoms with E-state index in [0.29, 0.717) is 23.9 Å². The number of benzene rings is 1. The fraction of sp³-hybridized carbons (Fsp3) is 0.333. The lowest BCUT2D eigenvalue weighted by molar-refractivity contribution is 0.252. The summed E-state index contributed by atoms with van der Waals surface area (Å²) in [6, 6.07) is 6.46. The smallest absolute Gasteiger partial charge is 0.335 e. The molecule has 1 heterocycles. The first-order valence-electron chi connectivity index (χ1n) is 5.46. The van der Waals surface area contributed by atoms with Crippen LogP contribution in [0.2, 0.25) is 0 Å². The predicted octanol–water partition coefficient (Wildman–Crippen LogP) is 2.65. The van der Waals surface area contributed by atoms with Gasteiger partial charge in [-0.25, -0.2) is 4.39 Å². The second-order valence-electron chi connectivity index (χ2n) is 4.18. The molecule has 0 aliphatic heterocycles. The molecule has 0 saturated heterocycles. The van der Waals surface area contributed by atoms with Crippen LogP contribution < -0.4 is 4.74 Å².